The molecule has 23 heavy (non-hydrogen) atoms. The van der Waals surface area contributed by atoms with E-state index in [4.69, 9.17) is 20.4 Å². The van der Waals surface area contributed by atoms with Gasteiger partial charge >= 0.3 is 5.97 Å². The Bertz CT molecular complexity index is 229. The molecule has 0 aliphatic heterocycles. The van der Waals surface area contributed by atoms with Gasteiger partial charge in [0.2, 0.25) is 0 Å². The van der Waals surface area contributed by atoms with E-state index in [9.17, 15) is 4.79 Å². The third-order valence-electron chi connectivity index (χ3n) is 3.78. The van der Waals surface area contributed by atoms with Gasteiger partial charge in [-0.15, -0.1) is 0 Å². The van der Waals surface area contributed by atoms with Crippen LogP contribution in [0.25, 0.3) is 0 Å². The maximum Gasteiger partial charge on any atom is 0.303 e. The fourth-order valence-corrected chi connectivity index (χ4v) is 2.21. The molecule has 0 amide bonds. The average Bonchev–Trinajstić information content (AvgIpc) is 2.55. The molecule has 140 valence electrons. The lowest BCUT2D eigenvalue weighted by Gasteiger charge is -2.07. The zero-order chi connectivity index (χ0) is 17.8. The molecule has 0 spiro atoms. The molecule has 0 saturated heterocycles. The molecule has 0 heterocycles. The Morgan fingerprint density at radius 2 is 1.26 bits per heavy atom. The highest BCUT2D eigenvalue weighted by atomic mass is 16.4. The maximum absolute atomic E-state index is 10.2. The molecule has 0 aromatic heterocycles. The van der Waals surface area contributed by atoms with Crippen molar-refractivity contribution in [3.8, 4) is 0 Å². The van der Waals surface area contributed by atoms with Gasteiger partial charge in [-0.1, -0.05) is 58.3 Å². The Morgan fingerprint density at radius 3 is 1.65 bits per heavy atom. The van der Waals surface area contributed by atoms with E-state index in [1.54, 1.807) is 0 Å². The minimum absolute atomic E-state index is 0.0104. The summed E-state index contributed by atoms with van der Waals surface area (Å²) in [6, 6.07) is 0. The first-order valence-electron chi connectivity index (χ1n) is 9.16. The summed E-state index contributed by atoms with van der Waals surface area (Å²) in [7, 11) is 0. The Kier molecular flexibility index (Phi) is 22.8. The molecular weight excluding hydrogens is 296 g/mol. The Hall–Kier alpha value is -0.650. The van der Waals surface area contributed by atoms with Crippen LogP contribution in [0.3, 0.4) is 0 Å². The summed E-state index contributed by atoms with van der Waals surface area (Å²) in [5.74, 6) is -0.704. The van der Waals surface area contributed by atoms with E-state index in [0.29, 0.717) is 19.3 Å². The van der Waals surface area contributed by atoms with Crippen LogP contribution in [0.15, 0.2) is 0 Å². The topological polar surface area (TPSA) is 98.0 Å². The molecule has 0 fully saturated rings. The minimum Gasteiger partial charge on any atom is -0.481 e. The molecule has 0 aromatic carbocycles. The normalized spacial score (nSPS) is 10.5. The van der Waals surface area contributed by atoms with Crippen LogP contribution in [0, 0.1) is 5.92 Å². The SMILES string of the molecule is CCCCCCCCCCCC(=O)O.OCCCC(CO)CO. The summed E-state index contributed by atoms with van der Waals surface area (Å²) in [5, 5.41) is 33.8. The van der Waals surface area contributed by atoms with E-state index in [-0.39, 0.29) is 25.7 Å². The fourth-order valence-electron chi connectivity index (χ4n) is 2.21. The minimum atomic E-state index is -0.659. The predicted molar refractivity (Wildman–Crippen MR) is 93.5 cm³/mol. The zero-order valence-corrected chi connectivity index (χ0v) is 14.9. The number of hydrogen-bond acceptors (Lipinski definition) is 4. The molecule has 0 atom stereocenters. The van der Waals surface area contributed by atoms with Crippen molar-refractivity contribution in [3.63, 3.8) is 0 Å². The van der Waals surface area contributed by atoms with E-state index < -0.39 is 5.97 Å². The number of unbranched alkanes of at least 4 members (excludes halogenated alkanes) is 8. The number of carboxylic acids is 1. The first kappa shape index (κ1) is 24.6. The zero-order valence-electron chi connectivity index (χ0n) is 14.9. The van der Waals surface area contributed by atoms with Crippen molar-refractivity contribution >= 4 is 5.97 Å². The molecule has 0 aliphatic rings. The lowest BCUT2D eigenvalue weighted by Crippen LogP contribution is -2.11. The molecule has 0 radical (unpaired) electrons. The number of aliphatic hydroxyl groups excluding tert-OH is 3. The molecular formula is C18H38O5. The van der Waals surface area contributed by atoms with Crippen molar-refractivity contribution < 1.29 is 25.2 Å². The largest absolute Gasteiger partial charge is 0.481 e. The number of rotatable bonds is 15. The Morgan fingerprint density at radius 1 is 0.783 bits per heavy atom. The maximum atomic E-state index is 10.2. The van der Waals surface area contributed by atoms with Crippen LogP contribution >= 0.6 is 0 Å². The van der Waals surface area contributed by atoms with Gasteiger partial charge < -0.3 is 20.4 Å². The van der Waals surface area contributed by atoms with Crippen molar-refractivity contribution in [1.29, 1.82) is 0 Å². The van der Waals surface area contributed by atoms with Gasteiger partial charge in [0.1, 0.15) is 0 Å². The van der Waals surface area contributed by atoms with Crippen molar-refractivity contribution in [2.45, 2.75) is 84.0 Å². The second-order valence-corrected chi connectivity index (χ2v) is 6.07. The quantitative estimate of drug-likeness (QED) is 0.344. The Labute approximate surface area is 141 Å². The van der Waals surface area contributed by atoms with Gasteiger partial charge in [0.05, 0.1) is 0 Å². The van der Waals surface area contributed by atoms with E-state index in [0.717, 1.165) is 12.8 Å². The summed E-state index contributed by atoms with van der Waals surface area (Å²) in [6.07, 6.45) is 12.8. The standard InChI is InChI=1S/C12H24O2.C6H14O3/c1-2-3-4-5-6-7-8-9-10-11-12(13)14;7-3-1-2-6(4-8)5-9/h2-11H2,1H3,(H,13,14);6-9H,1-5H2. The van der Waals surface area contributed by atoms with E-state index in [1.165, 1.54) is 44.9 Å². The smallest absolute Gasteiger partial charge is 0.303 e. The summed E-state index contributed by atoms with van der Waals surface area (Å²) in [6.45, 7) is 2.38. The lowest BCUT2D eigenvalue weighted by atomic mass is 10.1. The van der Waals surface area contributed by atoms with Gasteiger partial charge in [-0.3, -0.25) is 4.79 Å². The third-order valence-corrected chi connectivity index (χ3v) is 3.78. The highest BCUT2D eigenvalue weighted by Gasteiger charge is 2.03. The highest BCUT2D eigenvalue weighted by Crippen LogP contribution is 2.10. The van der Waals surface area contributed by atoms with Crippen molar-refractivity contribution in [2.75, 3.05) is 19.8 Å². The first-order valence-corrected chi connectivity index (χ1v) is 9.16. The van der Waals surface area contributed by atoms with Gasteiger partial charge in [-0.25, -0.2) is 0 Å². The van der Waals surface area contributed by atoms with Crippen molar-refractivity contribution in [3.05, 3.63) is 0 Å². The second-order valence-electron chi connectivity index (χ2n) is 6.07. The van der Waals surface area contributed by atoms with Crippen LogP contribution in [0.4, 0.5) is 0 Å². The third kappa shape index (κ3) is 23.7. The monoisotopic (exact) mass is 334 g/mol. The predicted octanol–water partition coefficient (Wildman–Crippen LogP) is 3.35. The number of carboxylic acid groups (broad SMARTS) is 1. The molecule has 0 aliphatic carbocycles. The summed E-state index contributed by atoms with van der Waals surface area (Å²) < 4.78 is 0. The number of aliphatic carboxylic acids is 1. The highest BCUT2D eigenvalue weighted by molar-refractivity contribution is 5.66. The molecule has 0 aromatic rings. The number of carbonyl (C=O) groups is 1. The van der Waals surface area contributed by atoms with Gasteiger partial charge in [0.25, 0.3) is 0 Å². The molecule has 0 bridgehead atoms. The van der Waals surface area contributed by atoms with Gasteiger partial charge in [-0.05, 0) is 19.3 Å². The lowest BCUT2D eigenvalue weighted by molar-refractivity contribution is -0.137. The fraction of sp³-hybridized carbons (Fsp3) is 0.944. The summed E-state index contributed by atoms with van der Waals surface area (Å²) in [4.78, 5) is 10.2. The van der Waals surface area contributed by atoms with E-state index in [2.05, 4.69) is 6.92 Å². The van der Waals surface area contributed by atoms with E-state index >= 15 is 0 Å². The molecule has 0 saturated carbocycles. The number of aliphatic hydroxyl groups is 3. The van der Waals surface area contributed by atoms with Crippen molar-refractivity contribution in [1.82, 2.24) is 0 Å². The first-order chi connectivity index (χ1) is 11.1. The van der Waals surface area contributed by atoms with Crippen LogP contribution < -0.4 is 0 Å². The van der Waals surface area contributed by atoms with Crippen LogP contribution in [-0.2, 0) is 4.79 Å². The summed E-state index contributed by atoms with van der Waals surface area (Å²) in [5.41, 5.74) is 0. The van der Waals surface area contributed by atoms with Gasteiger partial charge in [0.15, 0.2) is 0 Å². The van der Waals surface area contributed by atoms with Crippen LogP contribution in [-0.4, -0.2) is 46.2 Å². The molecule has 0 rings (SSSR count). The van der Waals surface area contributed by atoms with Crippen LogP contribution in [0.5, 0.6) is 0 Å². The Balaban J connectivity index is 0. The molecule has 5 nitrogen and oxygen atoms in total. The van der Waals surface area contributed by atoms with Gasteiger partial charge in [0, 0.05) is 32.2 Å². The van der Waals surface area contributed by atoms with Crippen LogP contribution in [0.1, 0.15) is 84.0 Å². The van der Waals surface area contributed by atoms with Crippen molar-refractivity contribution in [2.24, 2.45) is 5.92 Å². The molecule has 0 unspecified atom stereocenters. The average molecular weight is 334 g/mol. The van der Waals surface area contributed by atoms with Gasteiger partial charge in [-0.2, -0.15) is 0 Å². The number of hydrogen-bond donors (Lipinski definition) is 4. The second kappa shape index (κ2) is 21.4. The van der Waals surface area contributed by atoms with E-state index in [1.807, 2.05) is 0 Å². The summed E-state index contributed by atoms with van der Waals surface area (Å²) >= 11 is 0. The molecule has 5 heteroatoms. The van der Waals surface area contributed by atoms with Crippen LogP contribution in [0.2, 0.25) is 0 Å². The molecule has 4 N–H and O–H groups in total.